The molecule has 1 unspecified atom stereocenters. The van der Waals surface area contributed by atoms with E-state index < -0.39 is 0 Å². The summed E-state index contributed by atoms with van der Waals surface area (Å²) in [5.74, 6) is 0.407. The van der Waals surface area contributed by atoms with Crippen molar-refractivity contribution in [3.63, 3.8) is 0 Å². The van der Waals surface area contributed by atoms with Crippen molar-refractivity contribution in [2.75, 3.05) is 0 Å². The van der Waals surface area contributed by atoms with Crippen molar-refractivity contribution in [3.8, 4) is 11.1 Å². The van der Waals surface area contributed by atoms with Crippen molar-refractivity contribution in [1.29, 1.82) is 0 Å². The molecule has 0 heteroatoms. The second-order valence-corrected chi connectivity index (χ2v) is 4.97. The number of fused-ring (bicyclic) bond motifs is 3. The first-order valence-electron chi connectivity index (χ1n) is 6.60. The van der Waals surface area contributed by atoms with Crippen LogP contribution in [0.3, 0.4) is 0 Å². The van der Waals surface area contributed by atoms with Gasteiger partial charge in [-0.3, -0.25) is 0 Å². The van der Waals surface area contributed by atoms with Gasteiger partial charge >= 0.3 is 0 Å². The molecule has 0 saturated heterocycles. The standard InChI is InChI=1S/C19H13/c1-2-6-14(7-3-1)15-10-11-19-17(12-15)13-16-8-4-5-9-18(16)19/h1-12,18H. The van der Waals surface area contributed by atoms with Crippen LogP contribution >= 0.6 is 0 Å². The zero-order chi connectivity index (χ0) is 12.7. The predicted molar refractivity (Wildman–Crippen MR) is 78.8 cm³/mol. The summed E-state index contributed by atoms with van der Waals surface area (Å²) < 4.78 is 0. The SMILES string of the molecule is [C]1=C2C=CC=CC2c2ccc(-c3ccccc3)cc21. The fourth-order valence-corrected chi connectivity index (χ4v) is 2.83. The molecule has 2 aliphatic rings. The molecular weight excluding hydrogens is 228 g/mol. The van der Waals surface area contributed by atoms with E-state index in [2.05, 4.69) is 78.9 Å². The summed E-state index contributed by atoms with van der Waals surface area (Å²) in [5, 5.41) is 0. The fraction of sp³-hybridized carbons (Fsp3) is 0.0526. The van der Waals surface area contributed by atoms with E-state index in [4.69, 9.17) is 0 Å². The maximum absolute atomic E-state index is 3.53. The van der Waals surface area contributed by atoms with E-state index in [1.165, 1.54) is 27.8 Å². The average molecular weight is 241 g/mol. The molecule has 2 aromatic rings. The molecule has 0 fully saturated rings. The molecule has 0 bridgehead atoms. The first-order chi connectivity index (χ1) is 9.42. The lowest BCUT2D eigenvalue weighted by Crippen LogP contribution is -1.95. The van der Waals surface area contributed by atoms with E-state index >= 15 is 0 Å². The predicted octanol–water partition coefficient (Wildman–Crippen LogP) is 4.65. The normalized spacial score (nSPS) is 18.9. The second-order valence-electron chi connectivity index (χ2n) is 4.97. The van der Waals surface area contributed by atoms with Crippen LogP contribution in [0.15, 0.2) is 78.4 Å². The number of hydrogen-bond donors (Lipinski definition) is 0. The molecule has 0 heterocycles. The highest BCUT2D eigenvalue weighted by Gasteiger charge is 2.23. The van der Waals surface area contributed by atoms with Crippen LogP contribution in [0.1, 0.15) is 17.0 Å². The molecule has 1 atom stereocenters. The van der Waals surface area contributed by atoms with Gasteiger partial charge in [-0.2, -0.15) is 0 Å². The van der Waals surface area contributed by atoms with Crippen LogP contribution in [0.25, 0.3) is 11.1 Å². The third-order valence-corrected chi connectivity index (χ3v) is 3.80. The molecule has 0 N–H and O–H groups in total. The minimum Gasteiger partial charge on any atom is -0.0726 e. The van der Waals surface area contributed by atoms with Crippen LogP contribution in [0.5, 0.6) is 0 Å². The van der Waals surface area contributed by atoms with Gasteiger partial charge in [-0.05, 0) is 40.0 Å². The Labute approximate surface area is 113 Å². The largest absolute Gasteiger partial charge is 0.0726 e. The van der Waals surface area contributed by atoms with Crippen molar-refractivity contribution in [3.05, 3.63) is 95.6 Å². The topological polar surface area (TPSA) is 0 Å². The quantitative estimate of drug-likeness (QED) is 0.681. The smallest absolute Gasteiger partial charge is 0.0285 e. The van der Waals surface area contributed by atoms with Crippen LogP contribution in [0, 0.1) is 6.08 Å². The van der Waals surface area contributed by atoms with Crippen LogP contribution in [0.2, 0.25) is 0 Å². The summed E-state index contributed by atoms with van der Waals surface area (Å²) in [6.07, 6.45) is 12.1. The zero-order valence-electron chi connectivity index (χ0n) is 10.5. The summed E-state index contributed by atoms with van der Waals surface area (Å²) in [5.41, 5.74) is 6.41. The Morgan fingerprint density at radius 3 is 2.63 bits per heavy atom. The Morgan fingerprint density at radius 2 is 1.74 bits per heavy atom. The Bertz CT molecular complexity index is 715. The Morgan fingerprint density at radius 1 is 0.842 bits per heavy atom. The van der Waals surface area contributed by atoms with Crippen molar-refractivity contribution in [2.24, 2.45) is 0 Å². The molecule has 2 aromatic carbocycles. The van der Waals surface area contributed by atoms with Gasteiger partial charge in [0.05, 0.1) is 0 Å². The molecule has 0 nitrogen and oxygen atoms in total. The summed E-state index contributed by atoms with van der Waals surface area (Å²) in [6, 6.07) is 17.2. The van der Waals surface area contributed by atoms with Gasteiger partial charge in [0.1, 0.15) is 0 Å². The van der Waals surface area contributed by atoms with Gasteiger partial charge in [-0.25, -0.2) is 0 Å². The lowest BCUT2D eigenvalue weighted by Gasteiger charge is -2.12. The molecule has 89 valence electrons. The number of allylic oxidation sites excluding steroid dienone is 5. The number of benzene rings is 2. The minimum atomic E-state index is 0.407. The molecule has 19 heavy (non-hydrogen) atoms. The molecule has 4 rings (SSSR count). The van der Waals surface area contributed by atoms with Crippen LogP contribution < -0.4 is 0 Å². The highest BCUT2D eigenvalue weighted by molar-refractivity contribution is 5.68. The van der Waals surface area contributed by atoms with E-state index in [-0.39, 0.29) is 0 Å². The van der Waals surface area contributed by atoms with E-state index in [0.29, 0.717) is 5.92 Å². The monoisotopic (exact) mass is 241 g/mol. The molecule has 0 amide bonds. The summed E-state index contributed by atoms with van der Waals surface area (Å²) in [4.78, 5) is 0. The molecule has 0 saturated carbocycles. The van der Waals surface area contributed by atoms with Crippen LogP contribution in [0.4, 0.5) is 0 Å². The lowest BCUT2D eigenvalue weighted by molar-refractivity contribution is 1.05. The summed E-state index contributed by atoms with van der Waals surface area (Å²) in [6.45, 7) is 0. The molecule has 1 radical (unpaired) electrons. The van der Waals surface area contributed by atoms with Gasteiger partial charge in [-0.15, -0.1) is 0 Å². The van der Waals surface area contributed by atoms with Gasteiger partial charge < -0.3 is 0 Å². The maximum atomic E-state index is 3.53. The van der Waals surface area contributed by atoms with Crippen LogP contribution in [-0.4, -0.2) is 0 Å². The van der Waals surface area contributed by atoms with Gasteiger partial charge in [0.2, 0.25) is 0 Å². The third-order valence-electron chi connectivity index (χ3n) is 3.80. The van der Waals surface area contributed by atoms with Gasteiger partial charge in [0, 0.05) is 5.92 Å². The first kappa shape index (κ1) is 10.6. The molecule has 0 spiro atoms. The fourth-order valence-electron chi connectivity index (χ4n) is 2.83. The van der Waals surface area contributed by atoms with Crippen molar-refractivity contribution in [2.45, 2.75) is 5.92 Å². The van der Waals surface area contributed by atoms with E-state index in [0.717, 1.165) is 0 Å². The van der Waals surface area contributed by atoms with Crippen molar-refractivity contribution >= 4 is 0 Å². The molecular formula is C19H13. The third kappa shape index (κ3) is 1.68. The molecule has 2 aliphatic carbocycles. The van der Waals surface area contributed by atoms with Crippen molar-refractivity contribution in [1.82, 2.24) is 0 Å². The highest BCUT2D eigenvalue weighted by Crippen LogP contribution is 2.39. The second kappa shape index (κ2) is 4.10. The molecule has 0 aromatic heterocycles. The zero-order valence-corrected chi connectivity index (χ0v) is 10.5. The Kier molecular flexibility index (Phi) is 2.28. The van der Waals surface area contributed by atoms with Crippen molar-refractivity contribution < 1.29 is 0 Å². The first-order valence-corrected chi connectivity index (χ1v) is 6.60. The summed E-state index contributed by atoms with van der Waals surface area (Å²) in [7, 11) is 0. The minimum absolute atomic E-state index is 0.407. The van der Waals surface area contributed by atoms with E-state index in [1.807, 2.05) is 0 Å². The Balaban J connectivity index is 1.83. The molecule has 0 aliphatic heterocycles. The van der Waals surface area contributed by atoms with Gasteiger partial charge in [0.15, 0.2) is 0 Å². The lowest BCUT2D eigenvalue weighted by atomic mass is 9.91. The average Bonchev–Trinajstić information content (AvgIpc) is 2.86. The summed E-state index contributed by atoms with van der Waals surface area (Å²) >= 11 is 0. The highest BCUT2D eigenvalue weighted by atomic mass is 14.3. The van der Waals surface area contributed by atoms with Gasteiger partial charge in [0.25, 0.3) is 0 Å². The van der Waals surface area contributed by atoms with E-state index in [1.54, 1.807) is 0 Å². The Hall–Kier alpha value is -2.34. The van der Waals surface area contributed by atoms with Crippen LogP contribution in [-0.2, 0) is 0 Å². The van der Waals surface area contributed by atoms with E-state index in [9.17, 15) is 0 Å². The van der Waals surface area contributed by atoms with Gasteiger partial charge in [-0.1, -0.05) is 66.8 Å². The maximum Gasteiger partial charge on any atom is 0.0285 e. The number of rotatable bonds is 1. The number of hydrogen-bond acceptors (Lipinski definition) is 0.